The van der Waals surface area contributed by atoms with Crippen molar-refractivity contribution in [3.63, 3.8) is 0 Å². The van der Waals surface area contributed by atoms with Gasteiger partial charge in [-0.25, -0.2) is 5.84 Å². The number of rotatable bonds is 5. The molecule has 0 aliphatic carbocycles. The van der Waals surface area contributed by atoms with E-state index < -0.39 is 0 Å². The standard InChI is InChI=1S/C12H18Br2N4O/c1-8-6-9(13)11(10(14)7-8)17-12(18-15)16-4-3-5-19-2/h6-7H,3-5,15H2,1-2H3,(H2,16,17,18). The summed E-state index contributed by atoms with van der Waals surface area (Å²) in [4.78, 5) is 4.33. The molecule has 1 aromatic carbocycles. The SMILES string of the molecule is COCCCN=C(NN)Nc1c(Br)cc(C)cc1Br. The van der Waals surface area contributed by atoms with Crippen molar-refractivity contribution in [2.24, 2.45) is 10.8 Å². The molecule has 1 aromatic rings. The van der Waals surface area contributed by atoms with Gasteiger partial charge in [-0.3, -0.25) is 10.4 Å². The molecule has 0 unspecified atom stereocenters. The molecule has 5 nitrogen and oxygen atoms in total. The zero-order valence-corrected chi connectivity index (χ0v) is 14.1. The second-order valence-corrected chi connectivity index (χ2v) is 5.66. The first-order valence-corrected chi connectivity index (χ1v) is 7.39. The number of benzene rings is 1. The summed E-state index contributed by atoms with van der Waals surface area (Å²) < 4.78 is 6.86. The highest BCUT2D eigenvalue weighted by atomic mass is 79.9. The number of aryl methyl sites for hydroxylation is 1. The molecule has 0 aliphatic heterocycles. The van der Waals surface area contributed by atoms with Gasteiger partial charge < -0.3 is 10.1 Å². The summed E-state index contributed by atoms with van der Waals surface area (Å²) in [6.45, 7) is 3.35. The average Bonchev–Trinajstić information content (AvgIpc) is 2.36. The third kappa shape index (κ3) is 5.48. The van der Waals surface area contributed by atoms with Gasteiger partial charge in [-0.1, -0.05) is 0 Å². The first-order chi connectivity index (χ1) is 9.08. The summed E-state index contributed by atoms with van der Waals surface area (Å²) in [5.74, 6) is 5.98. The van der Waals surface area contributed by atoms with Crippen molar-refractivity contribution in [3.05, 3.63) is 26.6 Å². The minimum Gasteiger partial charge on any atom is -0.385 e. The van der Waals surface area contributed by atoms with Gasteiger partial charge in [0.15, 0.2) is 0 Å². The first kappa shape index (κ1) is 16.4. The molecule has 0 spiro atoms. The van der Waals surface area contributed by atoms with Gasteiger partial charge in [-0.05, 0) is 62.9 Å². The van der Waals surface area contributed by atoms with Crippen LogP contribution in [0, 0.1) is 6.92 Å². The average molecular weight is 394 g/mol. The zero-order chi connectivity index (χ0) is 14.3. The number of methoxy groups -OCH3 is 1. The molecular weight excluding hydrogens is 376 g/mol. The van der Waals surface area contributed by atoms with Gasteiger partial charge in [0.2, 0.25) is 5.96 Å². The van der Waals surface area contributed by atoms with Gasteiger partial charge in [-0.15, -0.1) is 0 Å². The number of nitrogens with two attached hydrogens (primary N) is 1. The van der Waals surface area contributed by atoms with E-state index in [9.17, 15) is 0 Å². The Kier molecular flexibility index (Phi) is 7.37. The van der Waals surface area contributed by atoms with Gasteiger partial charge in [0.1, 0.15) is 0 Å². The van der Waals surface area contributed by atoms with Gasteiger partial charge in [0.25, 0.3) is 0 Å². The monoisotopic (exact) mass is 392 g/mol. The molecule has 1 rings (SSSR count). The lowest BCUT2D eigenvalue weighted by molar-refractivity contribution is 0.197. The van der Waals surface area contributed by atoms with Crippen LogP contribution in [0.3, 0.4) is 0 Å². The summed E-state index contributed by atoms with van der Waals surface area (Å²) in [6.07, 6.45) is 0.847. The first-order valence-electron chi connectivity index (χ1n) is 5.81. The van der Waals surface area contributed by atoms with Crippen molar-refractivity contribution in [2.75, 3.05) is 25.6 Å². The number of guanidine groups is 1. The fourth-order valence-electron chi connectivity index (χ4n) is 1.46. The molecule has 106 valence electrons. The molecule has 0 saturated carbocycles. The minimum atomic E-state index is 0.515. The summed E-state index contributed by atoms with van der Waals surface area (Å²) in [5.41, 5.74) is 4.59. The second-order valence-electron chi connectivity index (χ2n) is 3.95. The lowest BCUT2D eigenvalue weighted by Crippen LogP contribution is -2.36. The summed E-state index contributed by atoms with van der Waals surface area (Å²) in [6, 6.07) is 4.04. The number of anilines is 1. The number of nitrogens with zero attached hydrogens (tertiary/aromatic N) is 1. The summed E-state index contributed by atoms with van der Waals surface area (Å²) in [7, 11) is 1.67. The fraction of sp³-hybridized carbons (Fsp3) is 0.417. The van der Waals surface area contributed by atoms with Gasteiger partial charge in [-0.2, -0.15) is 0 Å². The molecule has 7 heteroatoms. The number of hydrogen-bond acceptors (Lipinski definition) is 3. The molecule has 0 saturated heterocycles. The lowest BCUT2D eigenvalue weighted by Gasteiger charge is -2.13. The smallest absolute Gasteiger partial charge is 0.210 e. The molecule has 0 atom stereocenters. The molecule has 0 fully saturated rings. The van der Waals surface area contributed by atoms with E-state index in [1.165, 1.54) is 0 Å². The van der Waals surface area contributed by atoms with Crippen LogP contribution in [0.15, 0.2) is 26.1 Å². The number of hydrogen-bond donors (Lipinski definition) is 3. The van der Waals surface area contributed by atoms with Crippen molar-refractivity contribution < 1.29 is 4.74 Å². The Balaban J connectivity index is 2.75. The molecule has 0 heterocycles. The Hall–Kier alpha value is -0.630. The molecule has 0 amide bonds. The third-order valence-corrected chi connectivity index (χ3v) is 3.59. The predicted octanol–water partition coefficient (Wildman–Crippen LogP) is 2.79. The summed E-state index contributed by atoms with van der Waals surface area (Å²) in [5, 5.41) is 3.15. The highest BCUT2D eigenvalue weighted by Gasteiger charge is 2.08. The van der Waals surface area contributed by atoms with E-state index in [4.69, 9.17) is 10.6 Å². The maximum atomic E-state index is 5.46. The quantitative estimate of drug-likeness (QED) is 0.236. The van der Waals surface area contributed by atoms with E-state index in [1.807, 2.05) is 19.1 Å². The van der Waals surface area contributed by atoms with E-state index in [0.29, 0.717) is 19.1 Å². The minimum absolute atomic E-state index is 0.515. The van der Waals surface area contributed by atoms with E-state index >= 15 is 0 Å². The normalized spacial score (nSPS) is 11.5. The Morgan fingerprint density at radius 3 is 2.53 bits per heavy atom. The van der Waals surface area contributed by atoms with E-state index in [0.717, 1.165) is 26.6 Å². The zero-order valence-electron chi connectivity index (χ0n) is 11.0. The fourth-order valence-corrected chi connectivity index (χ4v) is 3.07. The number of ether oxygens (including phenoxy) is 1. The maximum Gasteiger partial charge on any atom is 0.210 e. The van der Waals surface area contributed by atoms with Crippen LogP contribution in [-0.4, -0.2) is 26.2 Å². The number of hydrazine groups is 1. The summed E-state index contributed by atoms with van der Waals surface area (Å²) >= 11 is 7.03. The highest BCUT2D eigenvalue weighted by molar-refractivity contribution is 9.11. The molecule has 4 N–H and O–H groups in total. The van der Waals surface area contributed by atoms with Crippen LogP contribution >= 0.6 is 31.9 Å². The van der Waals surface area contributed by atoms with Crippen molar-refractivity contribution >= 4 is 43.5 Å². The van der Waals surface area contributed by atoms with Gasteiger partial charge in [0.05, 0.1) is 5.69 Å². The molecular formula is C12H18Br2N4O. The Morgan fingerprint density at radius 2 is 2.00 bits per heavy atom. The van der Waals surface area contributed by atoms with Crippen LogP contribution < -0.4 is 16.6 Å². The van der Waals surface area contributed by atoms with E-state index in [2.05, 4.69) is 47.6 Å². The van der Waals surface area contributed by atoms with Crippen LogP contribution in [0.2, 0.25) is 0 Å². The Morgan fingerprint density at radius 1 is 1.37 bits per heavy atom. The molecule has 0 aromatic heterocycles. The topological polar surface area (TPSA) is 71.7 Å². The highest BCUT2D eigenvalue weighted by Crippen LogP contribution is 2.32. The van der Waals surface area contributed by atoms with E-state index in [1.54, 1.807) is 7.11 Å². The van der Waals surface area contributed by atoms with Crippen LogP contribution in [0.1, 0.15) is 12.0 Å². The van der Waals surface area contributed by atoms with Crippen molar-refractivity contribution in [1.82, 2.24) is 5.43 Å². The Bertz CT molecular complexity index is 428. The number of aliphatic imine (C=N–C) groups is 1. The number of halogens is 2. The lowest BCUT2D eigenvalue weighted by atomic mass is 10.2. The largest absolute Gasteiger partial charge is 0.385 e. The van der Waals surface area contributed by atoms with Crippen molar-refractivity contribution in [1.29, 1.82) is 0 Å². The van der Waals surface area contributed by atoms with Crippen LogP contribution in [-0.2, 0) is 4.74 Å². The maximum absolute atomic E-state index is 5.46. The predicted molar refractivity (Wildman–Crippen MR) is 86.3 cm³/mol. The molecule has 0 radical (unpaired) electrons. The van der Waals surface area contributed by atoms with Crippen LogP contribution in [0.5, 0.6) is 0 Å². The Labute approximate surface area is 130 Å². The van der Waals surface area contributed by atoms with Gasteiger partial charge in [0, 0.05) is 29.2 Å². The van der Waals surface area contributed by atoms with Crippen molar-refractivity contribution in [2.45, 2.75) is 13.3 Å². The second kappa shape index (κ2) is 8.52. The van der Waals surface area contributed by atoms with Gasteiger partial charge >= 0.3 is 0 Å². The molecule has 0 aliphatic rings. The molecule has 19 heavy (non-hydrogen) atoms. The van der Waals surface area contributed by atoms with Crippen LogP contribution in [0.25, 0.3) is 0 Å². The van der Waals surface area contributed by atoms with Crippen molar-refractivity contribution in [3.8, 4) is 0 Å². The number of nitrogens with one attached hydrogen (secondary N) is 2. The van der Waals surface area contributed by atoms with Crippen LogP contribution in [0.4, 0.5) is 5.69 Å². The van der Waals surface area contributed by atoms with E-state index in [-0.39, 0.29) is 0 Å². The third-order valence-electron chi connectivity index (χ3n) is 2.34. The molecule has 0 bridgehead atoms.